The molecular weight excluding hydrogens is 210 g/mol. The van der Waals surface area contributed by atoms with Gasteiger partial charge < -0.3 is 20.3 Å². The molecule has 0 radical (unpaired) electrons. The number of aromatic nitrogens is 1. The maximum atomic E-state index is 10.7. The zero-order valence-electron chi connectivity index (χ0n) is 9.12. The van der Waals surface area contributed by atoms with E-state index in [1.165, 1.54) is 0 Å². The minimum Gasteiger partial charge on any atom is -0.481 e. The summed E-state index contributed by atoms with van der Waals surface area (Å²) in [6.07, 6.45) is 0.122. The lowest BCUT2D eigenvalue weighted by Gasteiger charge is -2.42. The first-order valence-electron chi connectivity index (χ1n) is 5.19. The number of rotatable bonds is 5. The van der Waals surface area contributed by atoms with E-state index in [9.17, 15) is 4.79 Å². The molecule has 0 bridgehead atoms. The number of carboxylic acids is 1. The lowest BCUT2D eigenvalue weighted by molar-refractivity contribution is -0.139. The van der Waals surface area contributed by atoms with Crippen LogP contribution in [0.3, 0.4) is 0 Å². The first kappa shape index (κ1) is 11.1. The van der Waals surface area contributed by atoms with Gasteiger partial charge in [-0.1, -0.05) is 5.16 Å². The molecule has 0 saturated carbocycles. The molecule has 6 nitrogen and oxygen atoms in total. The van der Waals surface area contributed by atoms with Gasteiger partial charge in [0.05, 0.1) is 17.7 Å². The standard InChI is InChI=1S/C10H15N3O3/c1-7-2-8(13-16-7)4-12-10(3-9(14)15)5-11-6-10/h2,11-12H,3-6H2,1H3,(H,14,15). The molecule has 2 heterocycles. The number of hydrogen-bond acceptors (Lipinski definition) is 5. The van der Waals surface area contributed by atoms with Gasteiger partial charge in [0, 0.05) is 25.7 Å². The quantitative estimate of drug-likeness (QED) is 0.648. The minimum absolute atomic E-state index is 0.122. The normalized spacial score (nSPS) is 18.1. The van der Waals surface area contributed by atoms with Crippen LogP contribution in [0.2, 0.25) is 0 Å². The van der Waals surface area contributed by atoms with Gasteiger partial charge in [0.25, 0.3) is 0 Å². The number of nitrogens with one attached hydrogen (secondary N) is 2. The first-order valence-corrected chi connectivity index (χ1v) is 5.19. The molecule has 1 aromatic rings. The molecule has 1 aliphatic heterocycles. The molecule has 1 saturated heterocycles. The molecule has 1 fully saturated rings. The van der Waals surface area contributed by atoms with Gasteiger partial charge in [-0.25, -0.2) is 0 Å². The third kappa shape index (κ3) is 2.40. The van der Waals surface area contributed by atoms with Crippen LogP contribution in [0.15, 0.2) is 10.6 Å². The molecule has 2 rings (SSSR count). The van der Waals surface area contributed by atoms with E-state index in [2.05, 4.69) is 15.8 Å². The Hall–Kier alpha value is -1.40. The Morgan fingerprint density at radius 2 is 2.50 bits per heavy atom. The third-order valence-corrected chi connectivity index (χ3v) is 2.74. The number of nitrogens with zero attached hydrogens (tertiary/aromatic N) is 1. The predicted molar refractivity (Wildman–Crippen MR) is 55.9 cm³/mol. The molecule has 0 unspecified atom stereocenters. The minimum atomic E-state index is -0.787. The Kier molecular flexibility index (Phi) is 2.93. The summed E-state index contributed by atoms with van der Waals surface area (Å²) in [6, 6.07) is 1.84. The highest BCUT2D eigenvalue weighted by molar-refractivity contribution is 5.68. The second-order valence-electron chi connectivity index (χ2n) is 4.24. The van der Waals surface area contributed by atoms with Gasteiger partial charge in [0.2, 0.25) is 0 Å². The molecule has 0 amide bonds. The summed E-state index contributed by atoms with van der Waals surface area (Å²) >= 11 is 0. The van der Waals surface area contributed by atoms with Crippen LogP contribution in [0, 0.1) is 6.92 Å². The first-order chi connectivity index (χ1) is 7.60. The molecule has 1 aromatic heterocycles. The Balaban J connectivity index is 1.90. The fraction of sp³-hybridized carbons (Fsp3) is 0.600. The van der Waals surface area contributed by atoms with Crippen LogP contribution >= 0.6 is 0 Å². The van der Waals surface area contributed by atoms with Crippen molar-refractivity contribution in [2.75, 3.05) is 13.1 Å². The predicted octanol–water partition coefficient (Wildman–Crippen LogP) is -0.111. The van der Waals surface area contributed by atoms with Gasteiger partial charge in [-0.15, -0.1) is 0 Å². The van der Waals surface area contributed by atoms with Crippen molar-refractivity contribution in [1.29, 1.82) is 0 Å². The zero-order chi connectivity index (χ0) is 11.6. The van der Waals surface area contributed by atoms with Crippen LogP contribution in [0.25, 0.3) is 0 Å². The van der Waals surface area contributed by atoms with Crippen LogP contribution in [-0.2, 0) is 11.3 Å². The average molecular weight is 225 g/mol. The molecule has 3 N–H and O–H groups in total. The molecule has 16 heavy (non-hydrogen) atoms. The zero-order valence-corrected chi connectivity index (χ0v) is 9.12. The van der Waals surface area contributed by atoms with Gasteiger partial charge >= 0.3 is 5.97 Å². The number of carboxylic acid groups (broad SMARTS) is 1. The van der Waals surface area contributed by atoms with E-state index in [1.54, 1.807) is 0 Å². The second kappa shape index (κ2) is 4.23. The van der Waals surface area contributed by atoms with Crippen molar-refractivity contribution in [3.05, 3.63) is 17.5 Å². The maximum Gasteiger partial charge on any atom is 0.305 e. The van der Waals surface area contributed by atoms with E-state index < -0.39 is 5.97 Å². The van der Waals surface area contributed by atoms with Crippen LogP contribution in [0.5, 0.6) is 0 Å². The molecule has 88 valence electrons. The lowest BCUT2D eigenvalue weighted by Crippen LogP contribution is -2.68. The van der Waals surface area contributed by atoms with Crippen molar-refractivity contribution in [2.45, 2.75) is 25.4 Å². The van der Waals surface area contributed by atoms with Crippen molar-refractivity contribution < 1.29 is 14.4 Å². The van der Waals surface area contributed by atoms with Crippen molar-refractivity contribution in [3.8, 4) is 0 Å². The highest BCUT2D eigenvalue weighted by atomic mass is 16.5. The highest BCUT2D eigenvalue weighted by Crippen LogP contribution is 2.16. The molecule has 0 atom stereocenters. The van der Waals surface area contributed by atoms with E-state index in [4.69, 9.17) is 9.63 Å². The van der Waals surface area contributed by atoms with Crippen LogP contribution in [0.1, 0.15) is 17.9 Å². The molecule has 1 aliphatic rings. The SMILES string of the molecule is Cc1cc(CNC2(CC(=O)O)CNC2)no1. The van der Waals surface area contributed by atoms with E-state index in [1.807, 2.05) is 13.0 Å². The number of aryl methyl sites for hydroxylation is 1. The third-order valence-electron chi connectivity index (χ3n) is 2.74. The summed E-state index contributed by atoms with van der Waals surface area (Å²) in [5.74, 6) is -0.0267. The molecular formula is C10H15N3O3. The topological polar surface area (TPSA) is 87.4 Å². The largest absolute Gasteiger partial charge is 0.481 e. The number of hydrogen-bond donors (Lipinski definition) is 3. The Labute approximate surface area is 93.0 Å². The molecule has 0 aliphatic carbocycles. The summed E-state index contributed by atoms with van der Waals surface area (Å²) in [4.78, 5) is 10.7. The average Bonchev–Trinajstić information content (AvgIpc) is 2.55. The van der Waals surface area contributed by atoms with Crippen LogP contribution < -0.4 is 10.6 Å². The van der Waals surface area contributed by atoms with Crippen molar-refractivity contribution in [2.24, 2.45) is 0 Å². The van der Waals surface area contributed by atoms with Gasteiger partial charge in [0.15, 0.2) is 0 Å². The summed E-state index contributed by atoms with van der Waals surface area (Å²) < 4.78 is 4.94. The highest BCUT2D eigenvalue weighted by Gasteiger charge is 2.38. The fourth-order valence-electron chi connectivity index (χ4n) is 1.81. The summed E-state index contributed by atoms with van der Waals surface area (Å²) in [6.45, 7) is 3.72. The van der Waals surface area contributed by atoms with E-state index in [0.717, 1.165) is 11.5 Å². The Morgan fingerprint density at radius 3 is 2.94 bits per heavy atom. The fourth-order valence-corrected chi connectivity index (χ4v) is 1.81. The van der Waals surface area contributed by atoms with Crippen molar-refractivity contribution in [1.82, 2.24) is 15.8 Å². The smallest absolute Gasteiger partial charge is 0.305 e. The summed E-state index contributed by atoms with van der Waals surface area (Å²) in [7, 11) is 0. The monoisotopic (exact) mass is 225 g/mol. The molecule has 0 spiro atoms. The van der Waals surface area contributed by atoms with Crippen LogP contribution in [-0.4, -0.2) is 34.9 Å². The molecule has 0 aromatic carbocycles. The van der Waals surface area contributed by atoms with E-state index >= 15 is 0 Å². The number of carbonyl (C=O) groups is 1. The van der Waals surface area contributed by atoms with Gasteiger partial charge in [-0.2, -0.15) is 0 Å². The van der Waals surface area contributed by atoms with E-state index in [-0.39, 0.29) is 12.0 Å². The van der Waals surface area contributed by atoms with Crippen molar-refractivity contribution in [3.63, 3.8) is 0 Å². The van der Waals surface area contributed by atoms with Gasteiger partial charge in [-0.05, 0) is 6.92 Å². The molecule has 6 heteroatoms. The number of aliphatic carboxylic acids is 1. The van der Waals surface area contributed by atoms with Crippen LogP contribution in [0.4, 0.5) is 0 Å². The van der Waals surface area contributed by atoms with Gasteiger partial charge in [0.1, 0.15) is 5.76 Å². The van der Waals surface area contributed by atoms with E-state index in [0.29, 0.717) is 19.6 Å². The summed E-state index contributed by atoms with van der Waals surface area (Å²) in [5, 5.41) is 19.0. The summed E-state index contributed by atoms with van der Waals surface area (Å²) in [5.41, 5.74) is 0.466. The Morgan fingerprint density at radius 1 is 1.75 bits per heavy atom. The Bertz CT molecular complexity index is 384. The van der Waals surface area contributed by atoms with Gasteiger partial charge in [-0.3, -0.25) is 4.79 Å². The lowest BCUT2D eigenvalue weighted by atomic mass is 9.88. The maximum absolute atomic E-state index is 10.7. The van der Waals surface area contributed by atoms with Crippen molar-refractivity contribution >= 4 is 5.97 Å². The second-order valence-corrected chi connectivity index (χ2v) is 4.24.